The summed E-state index contributed by atoms with van der Waals surface area (Å²) in [6.07, 6.45) is 6.88. The summed E-state index contributed by atoms with van der Waals surface area (Å²) in [6, 6.07) is 7.89. The van der Waals surface area contributed by atoms with Crippen molar-refractivity contribution in [3.05, 3.63) is 58.9 Å². The fraction of sp³-hybridized carbons (Fsp3) is 0.158. The van der Waals surface area contributed by atoms with Gasteiger partial charge in [-0.15, -0.1) is 0 Å². The number of hydrogen-bond acceptors (Lipinski definition) is 3. The second-order valence-corrected chi connectivity index (χ2v) is 5.54. The topological polar surface area (TPSA) is 38.7 Å². The summed E-state index contributed by atoms with van der Waals surface area (Å²) < 4.78 is 10.6. The monoisotopic (exact) mass is 292 g/mol. The molecule has 0 atom stereocenters. The van der Waals surface area contributed by atoms with Crippen LogP contribution in [-0.2, 0) is 4.74 Å². The average molecular weight is 292 g/mol. The highest BCUT2D eigenvalue weighted by molar-refractivity contribution is 6.05. The summed E-state index contributed by atoms with van der Waals surface area (Å²) in [6.45, 7) is 0. The minimum atomic E-state index is 0.313. The highest BCUT2D eigenvalue weighted by Gasteiger charge is 2.25. The van der Waals surface area contributed by atoms with Gasteiger partial charge in [0.05, 0.1) is 20.0 Å². The first kappa shape index (κ1) is 13.0. The van der Waals surface area contributed by atoms with Crippen LogP contribution in [0.15, 0.2) is 47.7 Å². The Kier molecular flexibility index (Phi) is 2.76. The largest absolute Gasteiger partial charge is 0.507 e. The van der Waals surface area contributed by atoms with E-state index in [1.807, 2.05) is 24.3 Å². The van der Waals surface area contributed by atoms with Crippen molar-refractivity contribution in [1.29, 1.82) is 0 Å². The number of aromatic hydroxyl groups is 1. The molecule has 0 saturated carbocycles. The van der Waals surface area contributed by atoms with Crippen LogP contribution in [0.4, 0.5) is 0 Å². The Hall–Kier alpha value is -2.68. The third-order valence-corrected chi connectivity index (χ3v) is 4.38. The lowest BCUT2D eigenvalue weighted by atomic mass is 9.94. The maximum absolute atomic E-state index is 10.7. The third-order valence-electron chi connectivity index (χ3n) is 4.38. The van der Waals surface area contributed by atoms with E-state index in [0.29, 0.717) is 5.75 Å². The number of ether oxygens (including phenoxy) is 2. The Morgan fingerprint density at radius 3 is 2.68 bits per heavy atom. The van der Waals surface area contributed by atoms with Crippen LogP contribution in [-0.4, -0.2) is 19.3 Å². The van der Waals surface area contributed by atoms with Crippen molar-refractivity contribution < 1.29 is 14.6 Å². The Morgan fingerprint density at radius 1 is 1.05 bits per heavy atom. The van der Waals surface area contributed by atoms with Gasteiger partial charge in [-0.05, 0) is 52.4 Å². The minimum Gasteiger partial charge on any atom is -0.507 e. The van der Waals surface area contributed by atoms with Crippen LogP contribution in [0.2, 0.25) is 0 Å². The zero-order chi connectivity index (χ0) is 15.3. The van der Waals surface area contributed by atoms with Crippen molar-refractivity contribution in [1.82, 2.24) is 0 Å². The first-order chi connectivity index (χ1) is 10.7. The van der Waals surface area contributed by atoms with Gasteiger partial charge >= 0.3 is 0 Å². The summed E-state index contributed by atoms with van der Waals surface area (Å²) in [5.74, 6) is 2.00. The molecular weight excluding hydrogens is 276 g/mol. The predicted octanol–water partition coefficient (Wildman–Crippen LogP) is 4.27. The molecule has 1 N–H and O–H groups in total. The molecule has 0 unspecified atom stereocenters. The smallest absolute Gasteiger partial charge is 0.131 e. The average Bonchev–Trinajstić information content (AvgIpc) is 2.92. The zero-order valence-electron chi connectivity index (χ0n) is 12.5. The quantitative estimate of drug-likeness (QED) is 0.898. The van der Waals surface area contributed by atoms with E-state index in [0.717, 1.165) is 39.8 Å². The van der Waals surface area contributed by atoms with E-state index in [1.165, 1.54) is 11.1 Å². The summed E-state index contributed by atoms with van der Waals surface area (Å²) in [4.78, 5) is 0. The van der Waals surface area contributed by atoms with Crippen LogP contribution in [0.25, 0.3) is 22.4 Å². The fourth-order valence-electron chi connectivity index (χ4n) is 3.20. The van der Waals surface area contributed by atoms with Crippen LogP contribution in [0.1, 0.15) is 17.5 Å². The van der Waals surface area contributed by atoms with Crippen molar-refractivity contribution in [3.8, 4) is 11.5 Å². The van der Waals surface area contributed by atoms with E-state index >= 15 is 0 Å². The molecule has 2 aromatic rings. The minimum absolute atomic E-state index is 0.313. The molecule has 22 heavy (non-hydrogen) atoms. The molecule has 2 aliphatic rings. The normalized spacial score (nSPS) is 15.6. The second-order valence-electron chi connectivity index (χ2n) is 5.54. The number of rotatable bonds is 2. The summed E-state index contributed by atoms with van der Waals surface area (Å²) >= 11 is 0. The number of allylic oxidation sites excluding steroid dienone is 4. The van der Waals surface area contributed by atoms with E-state index in [-0.39, 0.29) is 0 Å². The number of hydrogen-bond donors (Lipinski definition) is 1. The van der Waals surface area contributed by atoms with Crippen LogP contribution in [0.5, 0.6) is 11.5 Å². The van der Waals surface area contributed by atoms with Crippen molar-refractivity contribution in [3.63, 3.8) is 0 Å². The van der Waals surface area contributed by atoms with Crippen LogP contribution < -0.4 is 4.74 Å². The van der Waals surface area contributed by atoms with E-state index in [1.54, 1.807) is 14.2 Å². The van der Waals surface area contributed by atoms with Gasteiger partial charge in [0, 0.05) is 17.4 Å². The van der Waals surface area contributed by atoms with Gasteiger partial charge in [0.1, 0.15) is 11.5 Å². The van der Waals surface area contributed by atoms with Gasteiger partial charge in [-0.3, -0.25) is 0 Å². The molecule has 0 aromatic heterocycles. The third kappa shape index (κ3) is 1.75. The maximum atomic E-state index is 10.7. The lowest BCUT2D eigenvalue weighted by molar-refractivity contribution is 0.283. The predicted molar refractivity (Wildman–Crippen MR) is 87.8 cm³/mol. The Bertz CT molecular complexity index is 885. The fourth-order valence-corrected chi connectivity index (χ4v) is 3.20. The molecule has 0 heterocycles. The standard InChI is InChI=1S/C19H16O3/c1-21-13-5-6-15-12(7-13)9-18-17(15)8-11-3-4-14(22-2)10-16(11)19(18)20/h3-6,8-10,20H,7H2,1-2H3. The zero-order valence-corrected chi connectivity index (χ0v) is 12.5. The van der Waals surface area contributed by atoms with Crippen molar-refractivity contribution in [2.45, 2.75) is 6.42 Å². The molecule has 3 nitrogen and oxygen atoms in total. The number of phenolic OH excluding ortho intramolecular Hbond substituents is 1. The first-order valence-corrected chi connectivity index (χ1v) is 7.21. The van der Waals surface area contributed by atoms with Crippen LogP contribution in [0.3, 0.4) is 0 Å². The van der Waals surface area contributed by atoms with Gasteiger partial charge in [-0.1, -0.05) is 12.1 Å². The van der Waals surface area contributed by atoms with E-state index in [9.17, 15) is 5.11 Å². The van der Waals surface area contributed by atoms with Crippen molar-refractivity contribution in [2.75, 3.05) is 14.2 Å². The van der Waals surface area contributed by atoms with Gasteiger partial charge in [0.25, 0.3) is 0 Å². The maximum Gasteiger partial charge on any atom is 0.131 e. The molecule has 3 heteroatoms. The van der Waals surface area contributed by atoms with Crippen LogP contribution in [0, 0.1) is 0 Å². The molecular formula is C19H16O3. The Balaban J connectivity index is 1.94. The number of methoxy groups -OCH3 is 2. The molecule has 110 valence electrons. The molecule has 0 spiro atoms. The summed E-state index contributed by atoms with van der Waals surface area (Å²) in [5, 5.41) is 12.5. The summed E-state index contributed by atoms with van der Waals surface area (Å²) in [5.41, 5.74) is 4.32. The molecule has 0 amide bonds. The van der Waals surface area contributed by atoms with Crippen molar-refractivity contribution in [2.24, 2.45) is 0 Å². The molecule has 0 bridgehead atoms. The van der Waals surface area contributed by atoms with E-state index in [2.05, 4.69) is 18.2 Å². The Morgan fingerprint density at radius 2 is 1.91 bits per heavy atom. The second kappa shape index (κ2) is 4.67. The highest BCUT2D eigenvalue weighted by atomic mass is 16.5. The number of phenols is 1. The lowest BCUT2D eigenvalue weighted by Gasteiger charge is -2.14. The molecule has 2 aliphatic carbocycles. The molecule has 0 saturated heterocycles. The Labute approximate surface area is 128 Å². The van der Waals surface area contributed by atoms with Gasteiger partial charge in [0.15, 0.2) is 0 Å². The summed E-state index contributed by atoms with van der Waals surface area (Å²) in [7, 11) is 3.32. The van der Waals surface area contributed by atoms with E-state index in [4.69, 9.17) is 9.47 Å². The highest BCUT2D eigenvalue weighted by Crippen LogP contribution is 2.47. The van der Waals surface area contributed by atoms with Crippen molar-refractivity contribution >= 4 is 22.4 Å². The lowest BCUT2D eigenvalue weighted by Crippen LogP contribution is -1.96. The molecule has 0 radical (unpaired) electrons. The van der Waals surface area contributed by atoms with Gasteiger partial charge in [-0.2, -0.15) is 0 Å². The molecule has 4 rings (SSSR count). The van der Waals surface area contributed by atoms with Gasteiger partial charge in [-0.25, -0.2) is 0 Å². The number of fused-ring (bicyclic) bond motifs is 4. The molecule has 0 aliphatic heterocycles. The first-order valence-electron chi connectivity index (χ1n) is 7.21. The van der Waals surface area contributed by atoms with E-state index < -0.39 is 0 Å². The van der Waals surface area contributed by atoms with Crippen LogP contribution >= 0.6 is 0 Å². The molecule has 2 aromatic carbocycles. The number of benzene rings is 2. The molecule has 0 fully saturated rings. The SMILES string of the molecule is COC1=CC=C2C(=Cc3c2cc2ccc(OC)cc2c3O)C1. The van der Waals surface area contributed by atoms with Gasteiger partial charge < -0.3 is 14.6 Å². The van der Waals surface area contributed by atoms with Gasteiger partial charge in [0.2, 0.25) is 0 Å².